The topological polar surface area (TPSA) is 86.7 Å². The van der Waals surface area contributed by atoms with Crippen LogP contribution in [0.25, 0.3) is 0 Å². The number of nitrogens with one attached hydrogen (secondary N) is 1. The maximum Gasteiger partial charge on any atom is 0.326 e. The molecule has 6 nitrogen and oxygen atoms in total. The molecule has 1 aliphatic heterocycles. The van der Waals surface area contributed by atoms with Crippen molar-refractivity contribution in [3.05, 3.63) is 0 Å². The zero-order valence-corrected chi connectivity index (χ0v) is 17.2. The van der Waals surface area contributed by atoms with E-state index in [0.717, 1.165) is 32.1 Å². The second-order valence-corrected chi connectivity index (χ2v) is 9.34. The molecule has 3 rings (SSSR count). The summed E-state index contributed by atoms with van der Waals surface area (Å²) in [5.41, 5.74) is 0. The molecule has 0 radical (unpaired) electrons. The van der Waals surface area contributed by atoms with Crippen LogP contribution in [0.15, 0.2) is 0 Å². The van der Waals surface area contributed by atoms with Crippen molar-refractivity contribution >= 4 is 17.8 Å². The highest BCUT2D eigenvalue weighted by Gasteiger charge is 2.38. The monoisotopic (exact) mass is 392 g/mol. The van der Waals surface area contributed by atoms with Gasteiger partial charge in [0.25, 0.3) is 0 Å². The van der Waals surface area contributed by atoms with E-state index in [4.69, 9.17) is 0 Å². The molecule has 1 saturated heterocycles. The standard InChI is InChI=1S/C22H36N2O4/c1-15-11-12-24(19(13-15)22(27)28)21(26)17-7-9-18(10-8-17)23-20(25)14-16-5-3-2-4-6-16/h15-19H,2-14H2,1H3,(H,23,25)(H,27,28). The fourth-order valence-electron chi connectivity index (χ4n) is 5.30. The molecule has 2 amide bonds. The Morgan fingerprint density at radius 2 is 1.64 bits per heavy atom. The Morgan fingerprint density at radius 3 is 2.29 bits per heavy atom. The molecular weight excluding hydrogens is 356 g/mol. The van der Waals surface area contributed by atoms with Gasteiger partial charge >= 0.3 is 5.97 Å². The van der Waals surface area contributed by atoms with Gasteiger partial charge in [0, 0.05) is 24.9 Å². The van der Waals surface area contributed by atoms with Gasteiger partial charge in [-0.2, -0.15) is 0 Å². The van der Waals surface area contributed by atoms with E-state index in [1.165, 1.54) is 32.1 Å². The maximum atomic E-state index is 12.9. The molecule has 2 saturated carbocycles. The first-order chi connectivity index (χ1) is 13.4. The maximum absolute atomic E-state index is 12.9. The van der Waals surface area contributed by atoms with E-state index in [2.05, 4.69) is 12.2 Å². The molecule has 0 bridgehead atoms. The Morgan fingerprint density at radius 1 is 0.964 bits per heavy atom. The number of carbonyl (C=O) groups is 3. The molecular formula is C22H36N2O4. The lowest BCUT2D eigenvalue weighted by Gasteiger charge is -2.39. The second-order valence-electron chi connectivity index (χ2n) is 9.34. The Hall–Kier alpha value is -1.59. The van der Waals surface area contributed by atoms with Gasteiger partial charge in [-0.15, -0.1) is 0 Å². The van der Waals surface area contributed by atoms with Gasteiger partial charge in [-0.1, -0.05) is 26.2 Å². The predicted octanol–water partition coefficient (Wildman–Crippen LogP) is 3.34. The fourth-order valence-corrected chi connectivity index (χ4v) is 5.30. The molecule has 0 spiro atoms. The molecule has 3 aliphatic rings. The molecule has 28 heavy (non-hydrogen) atoms. The third-order valence-electron chi connectivity index (χ3n) is 7.07. The smallest absolute Gasteiger partial charge is 0.326 e. The molecule has 2 aliphatic carbocycles. The Kier molecular flexibility index (Phi) is 7.36. The number of piperidine rings is 1. The third kappa shape index (κ3) is 5.48. The number of carboxylic acids is 1. The van der Waals surface area contributed by atoms with E-state index in [1.807, 2.05) is 0 Å². The minimum Gasteiger partial charge on any atom is -0.480 e. The molecule has 0 aromatic heterocycles. The summed E-state index contributed by atoms with van der Waals surface area (Å²) in [5.74, 6) is 0.0793. The lowest BCUT2D eigenvalue weighted by molar-refractivity contribution is -0.155. The number of nitrogens with zero attached hydrogens (tertiary/aromatic N) is 1. The van der Waals surface area contributed by atoms with Crippen LogP contribution in [0.3, 0.4) is 0 Å². The van der Waals surface area contributed by atoms with Crippen LogP contribution < -0.4 is 5.32 Å². The van der Waals surface area contributed by atoms with Crippen molar-refractivity contribution in [2.45, 2.75) is 96.1 Å². The number of hydrogen-bond acceptors (Lipinski definition) is 3. The third-order valence-corrected chi connectivity index (χ3v) is 7.07. The molecule has 3 fully saturated rings. The van der Waals surface area contributed by atoms with Crippen LogP contribution in [0.4, 0.5) is 0 Å². The van der Waals surface area contributed by atoms with Gasteiger partial charge in [-0.25, -0.2) is 4.79 Å². The van der Waals surface area contributed by atoms with Crippen LogP contribution in [-0.4, -0.2) is 46.4 Å². The van der Waals surface area contributed by atoms with Gasteiger partial charge < -0.3 is 15.3 Å². The van der Waals surface area contributed by atoms with Crippen LogP contribution in [-0.2, 0) is 14.4 Å². The Balaban J connectivity index is 1.44. The van der Waals surface area contributed by atoms with Crippen LogP contribution in [0.1, 0.15) is 84.0 Å². The highest BCUT2D eigenvalue weighted by molar-refractivity contribution is 5.85. The Labute approximate surface area is 168 Å². The summed E-state index contributed by atoms with van der Waals surface area (Å²) in [4.78, 5) is 38.5. The van der Waals surface area contributed by atoms with E-state index in [0.29, 0.717) is 31.2 Å². The molecule has 0 aromatic carbocycles. The van der Waals surface area contributed by atoms with Gasteiger partial charge in [0.15, 0.2) is 0 Å². The summed E-state index contributed by atoms with van der Waals surface area (Å²) in [5, 5.41) is 12.7. The van der Waals surface area contributed by atoms with E-state index >= 15 is 0 Å². The molecule has 2 N–H and O–H groups in total. The average Bonchev–Trinajstić information content (AvgIpc) is 2.68. The molecule has 158 valence electrons. The minimum atomic E-state index is -0.886. The number of carbonyl (C=O) groups excluding carboxylic acids is 2. The van der Waals surface area contributed by atoms with E-state index in [1.54, 1.807) is 4.90 Å². The lowest BCUT2D eigenvalue weighted by Crippen LogP contribution is -2.52. The Bertz CT molecular complexity index is 565. The van der Waals surface area contributed by atoms with Crippen LogP contribution in [0.5, 0.6) is 0 Å². The highest BCUT2D eigenvalue weighted by Crippen LogP contribution is 2.31. The summed E-state index contributed by atoms with van der Waals surface area (Å²) in [7, 11) is 0. The van der Waals surface area contributed by atoms with Gasteiger partial charge in [-0.05, 0) is 63.2 Å². The molecule has 1 heterocycles. The van der Waals surface area contributed by atoms with Gasteiger partial charge in [0.05, 0.1) is 0 Å². The van der Waals surface area contributed by atoms with Crippen molar-refractivity contribution in [2.75, 3.05) is 6.54 Å². The number of carboxylic acid groups (broad SMARTS) is 1. The van der Waals surface area contributed by atoms with Crippen molar-refractivity contribution < 1.29 is 19.5 Å². The largest absolute Gasteiger partial charge is 0.480 e. The van der Waals surface area contributed by atoms with Crippen LogP contribution in [0.2, 0.25) is 0 Å². The molecule has 0 aromatic rings. The minimum absolute atomic E-state index is 0.00582. The summed E-state index contributed by atoms with van der Waals surface area (Å²) in [6.45, 7) is 2.61. The molecule has 2 unspecified atom stereocenters. The number of aliphatic carboxylic acids is 1. The van der Waals surface area contributed by atoms with Crippen LogP contribution in [0, 0.1) is 17.8 Å². The van der Waals surface area contributed by atoms with Gasteiger partial charge in [0.1, 0.15) is 6.04 Å². The summed E-state index contributed by atoms with van der Waals surface area (Å²) in [6.07, 6.45) is 11.3. The fraction of sp³-hybridized carbons (Fsp3) is 0.864. The predicted molar refractivity (Wildman–Crippen MR) is 107 cm³/mol. The van der Waals surface area contributed by atoms with E-state index in [9.17, 15) is 19.5 Å². The second kappa shape index (κ2) is 9.75. The van der Waals surface area contributed by atoms with E-state index < -0.39 is 12.0 Å². The SMILES string of the molecule is CC1CCN(C(=O)C2CCC(NC(=O)CC3CCCCC3)CC2)C(C(=O)O)C1. The summed E-state index contributed by atoms with van der Waals surface area (Å²) < 4.78 is 0. The number of likely N-dealkylation sites (tertiary alicyclic amines) is 1. The van der Waals surface area contributed by atoms with Crippen LogP contribution >= 0.6 is 0 Å². The quantitative estimate of drug-likeness (QED) is 0.751. The molecule has 6 heteroatoms. The van der Waals surface area contributed by atoms with E-state index in [-0.39, 0.29) is 23.8 Å². The first-order valence-corrected chi connectivity index (χ1v) is 11.3. The number of amides is 2. The normalized spacial score (nSPS) is 32.0. The van der Waals surface area contributed by atoms with Crippen molar-refractivity contribution in [1.82, 2.24) is 10.2 Å². The first kappa shape index (κ1) is 21.1. The number of rotatable bonds is 5. The zero-order valence-electron chi connectivity index (χ0n) is 17.2. The summed E-state index contributed by atoms with van der Waals surface area (Å²) in [6, 6.07) is -0.513. The van der Waals surface area contributed by atoms with Crippen molar-refractivity contribution in [3.8, 4) is 0 Å². The number of hydrogen-bond donors (Lipinski definition) is 2. The van der Waals surface area contributed by atoms with Crippen molar-refractivity contribution in [2.24, 2.45) is 17.8 Å². The molecule has 2 atom stereocenters. The highest BCUT2D eigenvalue weighted by atomic mass is 16.4. The lowest BCUT2D eigenvalue weighted by atomic mass is 9.83. The average molecular weight is 393 g/mol. The summed E-state index contributed by atoms with van der Waals surface area (Å²) >= 11 is 0. The van der Waals surface area contributed by atoms with Crippen molar-refractivity contribution in [1.29, 1.82) is 0 Å². The van der Waals surface area contributed by atoms with Crippen molar-refractivity contribution in [3.63, 3.8) is 0 Å². The van der Waals surface area contributed by atoms with Gasteiger partial charge in [-0.3, -0.25) is 9.59 Å². The first-order valence-electron chi connectivity index (χ1n) is 11.3. The zero-order chi connectivity index (χ0) is 20.1. The van der Waals surface area contributed by atoms with Gasteiger partial charge in [0.2, 0.25) is 11.8 Å².